The number of aldehydes is 1. The van der Waals surface area contributed by atoms with Crippen molar-refractivity contribution >= 4 is 50.7 Å². The third-order valence-electron chi connectivity index (χ3n) is 4.72. The normalized spacial score (nSPS) is 14.8. The molecule has 1 fully saturated rings. The minimum atomic E-state index is 0.391. The Labute approximate surface area is 170 Å². The Bertz CT molecular complexity index is 1030. The van der Waals surface area contributed by atoms with E-state index < -0.39 is 0 Å². The number of nitrogen functional groups attached to an aromatic ring is 1. The molecule has 4 heterocycles. The number of carbonyl (C=O) groups excluding carboxylic acids is 1. The zero-order valence-corrected chi connectivity index (χ0v) is 16.7. The molecule has 3 N–H and O–H groups in total. The van der Waals surface area contributed by atoms with Gasteiger partial charge in [0, 0.05) is 42.0 Å². The molecule has 1 aliphatic heterocycles. The summed E-state index contributed by atoms with van der Waals surface area (Å²) >= 11 is 2.79. The van der Waals surface area contributed by atoms with Gasteiger partial charge in [-0.05, 0) is 11.4 Å². The third-order valence-corrected chi connectivity index (χ3v) is 6.63. The van der Waals surface area contributed by atoms with Crippen LogP contribution in [0.25, 0.3) is 20.7 Å². The second kappa shape index (κ2) is 8.24. The van der Waals surface area contributed by atoms with E-state index in [9.17, 15) is 10.1 Å². The Kier molecular flexibility index (Phi) is 5.54. The van der Waals surface area contributed by atoms with E-state index in [1.807, 2.05) is 17.5 Å². The lowest BCUT2D eigenvalue weighted by Crippen LogP contribution is -2.39. The summed E-state index contributed by atoms with van der Waals surface area (Å²) in [7, 11) is 0. The molecule has 0 spiro atoms. The molecular formula is C19H19N5O2S2. The Morgan fingerprint density at radius 2 is 2.25 bits per heavy atom. The minimum absolute atomic E-state index is 0.391. The van der Waals surface area contributed by atoms with Gasteiger partial charge in [0.25, 0.3) is 0 Å². The van der Waals surface area contributed by atoms with Gasteiger partial charge < -0.3 is 15.8 Å². The fourth-order valence-electron chi connectivity index (χ4n) is 3.32. The molecule has 0 unspecified atom stereocenters. The number of nitrogens with zero attached hydrogens (tertiary/aromatic N) is 3. The predicted octanol–water partition coefficient (Wildman–Crippen LogP) is 3.04. The second-order valence-electron chi connectivity index (χ2n) is 6.36. The average molecular weight is 414 g/mol. The van der Waals surface area contributed by atoms with Crippen LogP contribution in [0.2, 0.25) is 0 Å². The van der Waals surface area contributed by atoms with Gasteiger partial charge in [-0.2, -0.15) is 5.26 Å². The van der Waals surface area contributed by atoms with Crippen molar-refractivity contribution in [3.8, 4) is 16.5 Å². The lowest BCUT2D eigenvalue weighted by Gasteiger charge is -2.26. The highest BCUT2D eigenvalue weighted by atomic mass is 32.1. The topological polar surface area (TPSA) is 104 Å². The van der Waals surface area contributed by atoms with Crippen LogP contribution >= 0.6 is 22.7 Å². The summed E-state index contributed by atoms with van der Waals surface area (Å²) in [5.74, 6) is 0.533. The number of aromatic nitrogens is 1. The number of anilines is 2. The molecular weight excluding hydrogens is 394 g/mol. The van der Waals surface area contributed by atoms with Crippen molar-refractivity contribution in [1.82, 2.24) is 9.88 Å². The molecule has 4 rings (SSSR count). The number of fused-ring (bicyclic) bond motifs is 1. The van der Waals surface area contributed by atoms with Crippen LogP contribution in [-0.4, -0.2) is 55.6 Å². The van der Waals surface area contributed by atoms with E-state index in [2.05, 4.69) is 21.3 Å². The molecule has 7 nitrogen and oxygen atoms in total. The summed E-state index contributed by atoms with van der Waals surface area (Å²) in [6.45, 7) is 4.82. The summed E-state index contributed by atoms with van der Waals surface area (Å²) in [4.78, 5) is 20.4. The first-order chi connectivity index (χ1) is 13.7. The highest BCUT2D eigenvalue weighted by molar-refractivity contribution is 7.21. The molecule has 1 aliphatic rings. The number of hydrogen-bond acceptors (Lipinski definition) is 9. The number of hydrogen-bond donors (Lipinski definition) is 2. The van der Waals surface area contributed by atoms with Crippen LogP contribution in [0.4, 0.5) is 11.5 Å². The molecule has 9 heteroatoms. The molecule has 0 aromatic carbocycles. The van der Waals surface area contributed by atoms with Gasteiger partial charge in [-0.25, -0.2) is 4.98 Å². The number of morpholine rings is 1. The van der Waals surface area contributed by atoms with Crippen molar-refractivity contribution < 1.29 is 9.53 Å². The lowest BCUT2D eigenvalue weighted by atomic mass is 10.0. The maximum absolute atomic E-state index is 11.4. The average Bonchev–Trinajstić information content (AvgIpc) is 3.36. The van der Waals surface area contributed by atoms with Crippen LogP contribution in [0.3, 0.4) is 0 Å². The molecule has 0 amide bonds. The third kappa shape index (κ3) is 3.47. The fourth-order valence-corrected chi connectivity index (χ4v) is 5.02. The van der Waals surface area contributed by atoms with Crippen LogP contribution in [0.15, 0.2) is 17.5 Å². The molecule has 28 heavy (non-hydrogen) atoms. The first kappa shape index (κ1) is 18.8. The van der Waals surface area contributed by atoms with Crippen LogP contribution in [0, 0.1) is 11.3 Å². The highest BCUT2D eigenvalue weighted by Crippen LogP contribution is 2.43. The highest BCUT2D eigenvalue weighted by Gasteiger charge is 2.23. The summed E-state index contributed by atoms with van der Waals surface area (Å²) in [5.41, 5.74) is 7.82. The number of carbonyl (C=O) groups is 1. The number of nitrogens with two attached hydrogens (primary N) is 1. The smallest absolute Gasteiger partial charge is 0.162 e. The summed E-state index contributed by atoms with van der Waals surface area (Å²) in [6, 6.07) is 6.18. The summed E-state index contributed by atoms with van der Waals surface area (Å²) < 4.78 is 5.37. The number of nitrogens with one attached hydrogen (secondary N) is 1. The molecule has 0 bridgehead atoms. The Hall–Kier alpha value is -2.51. The van der Waals surface area contributed by atoms with Gasteiger partial charge in [0.05, 0.1) is 23.8 Å². The Morgan fingerprint density at radius 1 is 1.43 bits per heavy atom. The number of ether oxygens (including phenoxy) is 1. The summed E-state index contributed by atoms with van der Waals surface area (Å²) in [6.07, 6.45) is 0.747. The monoisotopic (exact) mass is 413 g/mol. The van der Waals surface area contributed by atoms with E-state index >= 15 is 0 Å². The fraction of sp³-hybridized carbons (Fsp3) is 0.316. The van der Waals surface area contributed by atoms with E-state index in [0.717, 1.165) is 49.6 Å². The first-order valence-corrected chi connectivity index (χ1v) is 10.6. The van der Waals surface area contributed by atoms with Gasteiger partial charge in [-0.1, -0.05) is 6.07 Å². The lowest BCUT2D eigenvalue weighted by molar-refractivity contribution is 0.0398. The number of thiophene rings is 2. The molecule has 0 radical (unpaired) electrons. The molecule has 0 saturated carbocycles. The van der Waals surface area contributed by atoms with Crippen molar-refractivity contribution in [3.63, 3.8) is 0 Å². The Balaban J connectivity index is 1.74. The minimum Gasteiger partial charge on any atom is -0.397 e. The van der Waals surface area contributed by atoms with Crippen LogP contribution in [0.1, 0.15) is 15.2 Å². The maximum atomic E-state index is 11.4. The molecule has 144 valence electrons. The largest absolute Gasteiger partial charge is 0.397 e. The Morgan fingerprint density at radius 3 is 2.93 bits per heavy atom. The standard InChI is InChI=1S/C19H19N5O2S2/c20-10-12-15(13-2-1-9-27-13)16-17(21)14(11-25)28-19(16)23-18(12)22-3-4-24-5-7-26-8-6-24/h1-2,9,11H,3-8,21H2,(H,22,23). The molecule has 1 saturated heterocycles. The van der Waals surface area contributed by atoms with Crippen molar-refractivity contribution in [3.05, 3.63) is 28.0 Å². The second-order valence-corrected chi connectivity index (χ2v) is 8.34. The van der Waals surface area contributed by atoms with E-state index in [1.165, 1.54) is 22.7 Å². The van der Waals surface area contributed by atoms with E-state index in [4.69, 9.17) is 10.5 Å². The van der Waals surface area contributed by atoms with E-state index in [1.54, 1.807) is 0 Å². The predicted molar refractivity (Wildman–Crippen MR) is 113 cm³/mol. The van der Waals surface area contributed by atoms with Crippen molar-refractivity contribution in [2.75, 3.05) is 50.4 Å². The van der Waals surface area contributed by atoms with Crippen LogP contribution < -0.4 is 11.1 Å². The number of rotatable bonds is 6. The van der Waals surface area contributed by atoms with E-state index in [0.29, 0.717) is 38.7 Å². The molecule has 0 aliphatic carbocycles. The van der Waals surface area contributed by atoms with Gasteiger partial charge in [0.15, 0.2) is 6.29 Å². The van der Waals surface area contributed by atoms with Crippen molar-refractivity contribution in [1.29, 1.82) is 5.26 Å². The zero-order chi connectivity index (χ0) is 19.5. The van der Waals surface area contributed by atoms with Gasteiger partial charge in [0.2, 0.25) is 0 Å². The van der Waals surface area contributed by atoms with Gasteiger partial charge in [0.1, 0.15) is 22.3 Å². The first-order valence-electron chi connectivity index (χ1n) is 8.92. The maximum Gasteiger partial charge on any atom is 0.162 e. The molecule has 3 aromatic rings. The van der Waals surface area contributed by atoms with Crippen LogP contribution in [0.5, 0.6) is 0 Å². The van der Waals surface area contributed by atoms with Crippen LogP contribution in [-0.2, 0) is 4.74 Å². The quantitative estimate of drug-likeness (QED) is 0.599. The molecule has 0 atom stereocenters. The zero-order valence-electron chi connectivity index (χ0n) is 15.1. The SMILES string of the molecule is N#Cc1c(NCCN2CCOCC2)nc2sc(C=O)c(N)c2c1-c1cccs1. The molecule has 3 aromatic heterocycles. The van der Waals surface area contributed by atoms with Crippen molar-refractivity contribution in [2.45, 2.75) is 0 Å². The van der Waals surface area contributed by atoms with Gasteiger partial charge in [-0.3, -0.25) is 9.69 Å². The number of pyridine rings is 1. The van der Waals surface area contributed by atoms with Gasteiger partial charge >= 0.3 is 0 Å². The van der Waals surface area contributed by atoms with E-state index in [-0.39, 0.29) is 0 Å². The summed E-state index contributed by atoms with van der Waals surface area (Å²) in [5, 5.41) is 15.9. The van der Waals surface area contributed by atoms with Gasteiger partial charge in [-0.15, -0.1) is 22.7 Å². The number of nitriles is 1. The van der Waals surface area contributed by atoms with Crippen molar-refractivity contribution in [2.24, 2.45) is 0 Å².